The molecular formula is C52H45N3. The van der Waals surface area contributed by atoms with E-state index in [1.54, 1.807) is 0 Å². The van der Waals surface area contributed by atoms with Crippen molar-refractivity contribution in [3.8, 4) is 17.2 Å². The largest absolute Gasteiger partial charge is 0.311 e. The van der Waals surface area contributed by atoms with E-state index in [4.69, 9.17) is 0 Å². The highest BCUT2D eigenvalue weighted by molar-refractivity contribution is 5.87. The van der Waals surface area contributed by atoms with Gasteiger partial charge in [-0.2, -0.15) is 5.26 Å². The summed E-state index contributed by atoms with van der Waals surface area (Å²) in [5, 5.41) is 9.41. The summed E-state index contributed by atoms with van der Waals surface area (Å²) in [5.74, 6) is 0. The van der Waals surface area contributed by atoms with Gasteiger partial charge in [-0.25, -0.2) is 0 Å². The van der Waals surface area contributed by atoms with Gasteiger partial charge in [0.1, 0.15) is 0 Å². The molecule has 0 aromatic heterocycles. The summed E-state index contributed by atoms with van der Waals surface area (Å²) in [6.45, 7) is 11.4. The Balaban J connectivity index is 1.07. The lowest BCUT2D eigenvalue weighted by Crippen LogP contribution is -2.16. The van der Waals surface area contributed by atoms with Crippen LogP contribution in [0.15, 0.2) is 170 Å². The minimum absolute atomic E-state index is 0.0703. The predicted molar refractivity (Wildman–Crippen MR) is 232 cm³/mol. The van der Waals surface area contributed by atoms with Crippen LogP contribution in [0, 0.1) is 11.3 Å². The summed E-state index contributed by atoms with van der Waals surface area (Å²) >= 11 is 0. The standard InChI is InChI=1S/C52H45N3/c1-51(2,3)40-23-29-45(30-24-40)54(44-27-20-39(36-53)21-28-44)43-25-18-37(19-26-43)16-17-38-22-32-47-48-33-31-46(35-50(48)52(4,5)49(47)34-38)55(41-12-8-6-9-13-41)42-14-10-7-11-15-42/h6-35H,1-5H3/b17-16+. The van der Waals surface area contributed by atoms with Crippen LogP contribution in [0.4, 0.5) is 34.1 Å². The molecule has 0 saturated heterocycles. The van der Waals surface area contributed by atoms with Crippen molar-refractivity contribution >= 4 is 46.3 Å². The average Bonchev–Trinajstić information content (AvgIpc) is 3.43. The molecule has 0 aliphatic heterocycles. The van der Waals surface area contributed by atoms with Crippen molar-refractivity contribution in [2.75, 3.05) is 9.80 Å². The van der Waals surface area contributed by atoms with E-state index in [0.29, 0.717) is 5.56 Å². The van der Waals surface area contributed by atoms with Crippen molar-refractivity contribution in [1.82, 2.24) is 0 Å². The van der Waals surface area contributed by atoms with Crippen LogP contribution in [-0.2, 0) is 10.8 Å². The second-order valence-electron chi connectivity index (χ2n) is 15.9. The van der Waals surface area contributed by atoms with E-state index in [0.717, 1.165) is 39.7 Å². The van der Waals surface area contributed by atoms with Gasteiger partial charge in [-0.3, -0.25) is 0 Å². The Morgan fingerprint density at radius 1 is 0.473 bits per heavy atom. The fourth-order valence-electron chi connectivity index (χ4n) is 7.76. The molecule has 0 amide bonds. The Hall–Kier alpha value is -6.63. The zero-order chi connectivity index (χ0) is 38.2. The Morgan fingerprint density at radius 3 is 1.44 bits per heavy atom. The number of anilines is 6. The lowest BCUT2D eigenvalue weighted by molar-refractivity contribution is 0.590. The summed E-state index contributed by atoms with van der Waals surface area (Å²) in [4.78, 5) is 4.58. The van der Waals surface area contributed by atoms with Gasteiger partial charge in [0.2, 0.25) is 0 Å². The van der Waals surface area contributed by atoms with Crippen molar-refractivity contribution < 1.29 is 0 Å². The van der Waals surface area contributed by atoms with Gasteiger partial charge < -0.3 is 9.80 Å². The maximum absolute atomic E-state index is 9.41. The Bertz CT molecular complexity index is 2480. The van der Waals surface area contributed by atoms with Crippen LogP contribution in [0.25, 0.3) is 23.3 Å². The van der Waals surface area contributed by atoms with Crippen LogP contribution in [0.3, 0.4) is 0 Å². The molecule has 7 aromatic carbocycles. The molecular weight excluding hydrogens is 667 g/mol. The number of nitrogens with zero attached hydrogens (tertiary/aromatic N) is 3. The Morgan fingerprint density at radius 2 is 0.891 bits per heavy atom. The van der Waals surface area contributed by atoms with Gasteiger partial charge in [-0.05, 0) is 129 Å². The third kappa shape index (κ3) is 6.96. The van der Waals surface area contributed by atoms with E-state index in [2.05, 4.69) is 208 Å². The van der Waals surface area contributed by atoms with Crippen molar-refractivity contribution in [2.45, 2.75) is 45.4 Å². The lowest BCUT2D eigenvalue weighted by atomic mass is 9.81. The van der Waals surface area contributed by atoms with Gasteiger partial charge in [0, 0.05) is 39.5 Å². The van der Waals surface area contributed by atoms with E-state index in [9.17, 15) is 5.26 Å². The van der Waals surface area contributed by atoms with Crippen LogP contribution in [0.2, 0.25) is 0 Å². The molecule has 0 unspecified atom stereocenters. The summed E-state index contributed by atoms with van der Waals surface area (Å²) in [5.41, 5.74) is 16.0. The van der Waals surface area contributed by atoms with Gasteiger partial charge in [-0.1, -0.05) is 132 Å². The molecule has 55 heavy (non-hydrogen) atoms. The van der Waals surface area contributed by atoms with Crippen LogP contribution in [-0.4, -0.2) is 0 Å². The molecule has 0 fully saturated rings. The third-order valence-electron chi connectivity index (χ3n) is 10.8. The molecule has 3 heteroatoms. The van der Waals surface area contributed by atoms with E-state index in [1.165, 1.54) is 33.4 Å². The minimum Gasteiger partial charge on any atom is -0.311 e. The maximum Gasteiger partial charge on any atom is 0.0991 e. The zero-order valence-electron chi connectivity index (χ0n) is 32.2. The number of hydrogen-bond donors (Lipinski definition) is 0. The fourth-order valence-corrected chi connectivity index (χ4v) is 7.76. The fraction of sp³-hybridized carbons (Fsp3) is 0.135. The van der Waals surface area contributed by atoms with Gasteiger partial charge in [0.05, 0.1) is 11.6 Å². The number of benzene rings is 7. The predicted octanol–water partition coefficient (Wildman–Crippen LogP) is 14.3. The third-order valence-corrected chi connectivity index (χ3v) is 10.8. The second-order valence-corrected chi connectivity index (χ2v) is 15.9. The average molecular weight is 712 g/mol. The van der Waals surface area contributed by atoms with Gasteiger partial charge >= 0.3 is 0 Å². The number of hydrogen-bond acceptors (Lipinski definition) is 3. The van der Waals surface area contributed by atoms with E-state index in [1.807, 2.05) is 24.3 Å². The summed E-state index contributed by atoms with van der Waals surface area (Å²) < 4.78 is 0. The highest BCUT2D eigenvalue weighted by Crippen LogP contribution is 2.51. The smallest absolute Gasteiger partial charge is 0.0991 e. The van der Waals surface area contributed by atoms with Crippen molar-refractivity contribution in [3.63, 3.8) is 0 Å². The van der Waals surface area contributed by atoms with Gasteiger partial charge in [0.15, 0.2) is 0 Å². The zero-order valence-corrected chi connectivity index (χ0v) is 32.2. The number of fused-ring (bicyclic) bond motifs is 3. The molecule has 0 heterocycles. The minimum atomic E-state index is -0.162. The van der Waals surface area contributed by atoms with E-state index in [-0.39, 0.29) is 10.8 Å². The molecule has 0 saturated carbocycles. The molecule has 0 spiro atoms. The quantitative estimate of drug-likeness (QED) is 0.147. The molecule has 3 nitrogen and oxygen atoms in total. The summed E-state index contributed by atoms with van der Waals surface area (Å²) in [7, 11) is 0. The summed E-state index contributed by atoms with van der Waals surface area (Å²) in [6.07, 6.45) is 4.41. The van der Waals surface area contributed by atoms with Crippen LogP contribution < -0.4 is 9.80 Å². The Kier molecular flexibility index (Phi) is 9.21. The molecule has 8 rings (SSSR count). The molecule has 0 N–H and O–H groups in total. The highest BCUT2D eigenvalue weighted by atomic mass is 15.1. The first-order valence-corrected chi connectivity index (χ1v) is 19.0. The van der Waals surface area contributed by atoms with E-state index < -0.39 is 0 Å². The van der Waals surface area contributed by atoms with Gasteiger partial charge in [0.25, 0.3) is 0 Å². The van der Waals surface area contributed by atoms with Crippen LogP contribution >= 0.6 is 0 Å². The molecule has 7 aromatic rings. The monoisotopic (exact) mass is 711 g/mol. The molecule has 268 valence electrons. The topological polar surface area (TPSA) is 30.3 Å². The SMILES string of the molecule is CC(C)(C)c1ccc(N(c2ccc(C#N)cc2)c2ccc(/C=C/c3ccc4c(c3)C(C)(C)c3cc(N(c5ccccc5)c5ccccc5)ccc3-4)cc2)cc1. The Labute approximate surface area is 326 Å². The number of rotatable bonds is 8. The molecule has 1 aliphatic carbocycles. The highest BCUT2D eigenvalue weighted by Gasteiger charge is 2.36. The molecule has 0 radical (unpaired) electrons. The van der Waals surface area contributed by atoms with Crippen molar-refractivity contribution in [3.05, 3.63) is 203 Å². The van der Waals surface area contributed by atoms with Crippen LogP contribution in [0.5, 0.6) is 0 Å². The first kappa shape index (κ1) is 35.4. The molecule has 1 aliphatic rings. The normalized spacial score (nSPS) is 12.9. The number of nitriles is 1. The van der Waals surface area contributed by atoms with Crippen molar-refractivity contribution in [1.29, 1.82) is 5.26 Å². The lowest BCUT2D eigenvalue weighted by Gasteiger charge is -2.28. The first-order valence-electron chi connectivity index (χ1n) is 19.0. The second kappa shape index (κ2) is 14.3. The van der Waals surface area contributed by atoms with E-state index >= 15 is 0 Å². The maximum atomic E-state index is 9.41. The van der Waals surface area contributed by atoms with Gasteiger partial charge in [-0.15, -0.1) is 0 Å². The molecule has 0 bridgehead atoms. The van der Waals surface area contributed by atoms with Crippen molar-refractivity contribution in [2.24, 2.45) is 0 Å². The number of para-hydroxylation sites is 2. The molecule has 0 atom stereocenters. The van der Waals surface area contributed by atoms with Crippen LogP contribution in [0.1, 0.15) is 68.0 Å². The summed E-state index contributed by atoms with van der Waals surface area (Å²) in [6, 6.07) is 62.5. The first-order chi connectivity index (χ1) is 26.6.